The largest absolute Gasteiger partial charge is 0.464 e. The summed E-state index contributed by atoms with van der Waals surface area (Å²) in [5.74, 6) is -0.429. The van der Waals surface area contributed by atoms with Gasteiger partial charge < -0.3 is 14.4 Å². The van der Waals surface area contributed by atoms with E-state index in [1.807, 2.05) is 4.90 Å². The van der Waals surface area contributed by atoms with E-state index in [-0.39, 0.29) is 5.50 Å². The third-order valence-corrected chi connectivity index (χ3v) is 3.44. The van der Waals surface area contributed by atoms with Gasteiger partial charge in [-0.05, 0) is 0 Å². The summed E-state index contributed by atoms with van der Waals surface area (Å²) < 4.78 is 9.81. The standard InChI is InChI=1S/C9H11ClN2O3S/c1-14-8(13)6-5-16-9(11-6)12-2-3-15-4-7(12)10/h5,7H,2-4H2,1H3. The normalized spacial score (nSPS) is 20.9. The Bertz CT molecular complexity index is 385. The number of carbonyl (C=O) groups excluding carboxylic acids is 1. The molecule has 2 rings (SSSR count). The highest BCUT2D eigenvalue weighted by Gasteiger charge is 2.24. The van der Waals surface area contributed by atoms with Gasteiger partial charge in [0.1, 0.15) is 5.50 Å². The van der Waals surface area contributed by atoms with Gasteiger partial charge in [0.25, 0.3) is 0 Å². The van der Waals surface area contributed by atoms with Crippen molar-refractivity contribution in [1.29, 1.82) is 0 Å². The first-order valence-corrected chi connectivity index (χ1v) is 6.06. The van der Waals surface area contributed by atoms with Gasteiger partial charge in [-0.2, -0.15) is 0 Å². The molecule has 1 atom stereocenters. The Morgan fingerprint density at radius 3 is 3.31 bits per heavy atom. The van der Waals surface area contributed by atoms with Crippen molar-refractivity contribution in [3.63, 3.8) is 0 Å². The van der Waals surface area contributed by atoms with Crippen LogP contribution in [0.3, 0.4) is 0 Å². The summed E-state index contributed by atoms with van der Waals surface area (Å²) in [6, 6.07) is 0. The molecule has 2 heterocycles. The summed E-state index contributed by atoms with van der Waals surface area (Å²) in [5, 5.41) is 2.39. The lowest BCUT2D eigenvalue weighted by molar-refractivity contribution is 0.0595. The molecule has 0 radical (unpaired) electrons. The van der Waals surface area contributed by atoms with Gasteiger partial charge in [0.15, 0.2) is 10.8 Å². The number of anilines is 1. The lowest BCUT2D eigenvalue weighted by atomic mass is 10.4. The van der Waals surface area contributed by atoms with Crippen molar-refractivity contribution in [2.75, 3.05) is 31.8 Å². The van der Waals surface area contributed by atoms with E-state index in [0.717, 1.165) is 5.13 Å². The second-order valence-corrected chi connectivity index (χ2v) is 4.55. The Morgan fingerprint density at radius 2 is 2.62 bits per heavy atom. The maximum atomic E-state index is 11.2. The lowest BCUT2D eigenvalue weighted by Crippen LogP contribution is -2.42. The van der Waals surface area contributed by atoms with Crippen LogP contribution in [0, 0.1) is 0 Å². The first kappa shape index (κ1) is 11.6. The molecule has 1 aromatic heterocycles. The van der Waals surface area contributed by atoms with E-state index in [2.05, 4.69) is 9.72 Å². The molecule has 0 aliphatic carbocycles. The number of ether oxygens (including phenoxy) is 2. The highest BCUT2D eigenvalue weighted by Crippen LogP contribution is 2.25. The van der Waals surface area contributed by atoms with E-state index < -0.39 is 5.97 Å². The number of morpholine rings is 1. The van der Waals surface area contributed by atoms with E-state index in [0.29, 0.717) is 25.5 Å². The molecule has 7 heteroatoms. The summed E-state index contributed by atoms with van der Waals surface area (Å²) in [5.41, 5.74) is 0.0863. The molecule has 1 aromatic rings. The minimum atomic E-state index is -0.429. The number of nitrogens with zero attached hydrogens (tertiary/aromatic N) is 2. The molecule has 88 valence electrons. The number of thiazole rings is 1. The minimum absolute atomic E-state index is 0.231. The van der Waals surface area contributed by atoms with Crippen molar-refractivity contribution in [3.8, 4) is 0 Å². The molecule has 1 fully saturated rings. The van der Waals surface area contributed by atoms with Crippen LogP contribution < -0.4 is 4.90 Å². The molecule has 1 unspecified atom stereocenters. The van der Waals surface area contributed by atoms with Crippen molar-refractivity contribution >= 4 is 34.0 Å². The fourth-order valence-electron chi connectivity index (χ4n) is 1.38. The molecule has 1 saturated heterocycles. The molecule has 0 bridgehead atoms. The zero-order valence-corrected chi connectivity index (χ0v) is 10.3. The van der Waals surface area contributed by atoms with E-state index in [1.54, 1.807) is 5.38 Å². The van der Waals surface area contributed by atoms with Crippen LogP contribution >= 0.6 is 22.9 Å². The van der Waals surface area contributed by atoms with Crippen LogP contribution in [-0.2, 0) is 9.47 Å². The molecular formula is C9H11ClN2O3S. The van der Waals surface area contributed by atoms with Crippen LogP contribution in [0.25, 0.3) is 0 Å². The van der Waals surface area contributed by atoms with Gasteiger partial charge in [-0.1, -0.05) is 11.6 Å². The number of hydrogen-bond donors (Lipinski definition) is 0. The number of aromatic nitrogens is 1. The lowest BCUT2D eigenvalue weighted by Gasteiger charge is -2.31. The van der Waals surface area contributed by atoms with Gasteiger partial charge in [-0.15, -0.1) is 11.3 Å². The Kier molecular flexibility index (Phi) is 3.63. The summed E-state index contributed by atoms with van der Waals surface area (Å²) in [7, 11) is 1.33. The predicted molar refractivity (Wildman–Crippen MR) is 61.3 cm³/mol. The number of esters is 1. The molecule has 0 N–H and O–H groups in total. The summed E-state index contributed by atoms with van der Waals surface area (Å²) in [4.78, 5) is 17.3. The monoisotopic (exact) mass is 262 g/mol. The first-order valence-electron chi connectivity index (χ1n) is 4.74. The fraction of sp³-hybridized carbons (Fsp3) is 0.556. The second kappa shape index (κ2) is 4.99. The van der Waals surface area contributed by atoms with Crippen molar-refractivity contribution < 1.29 is 14.3 Å². The molecule has 1 aliphatic heterocycles. The maximum absolute atomic E-state index is 11.2. The van der Waals surface area contributed by atoms with E-state index in [1.165, 1.54) is 18.4 Å². The molecule has 16 heavy (non-hydrogen) atoms. The van der Waals surface area contributed by atoms with Crippen LogP contribution in [0.2, 0.25) is 0 Å². The second-order valence-electron chi connectivity index (χ2n) is 3.21. The summed E-state index contributed by atoms with van der Waals surface area (Å²) >= 11 is 7.47. The Morgan fingerprint density at radius 1 is 1.81 bits per heavy atom. The van der Waals surface area contributed by atoms with E-state index in [4.69, 9.17) is 16.3 Å². The van der Waals surface area contributed by atoms with E-state index in [9.17, 15) is 4.79 Å². The third kappa shape index (κ3) is 2.28. The van der Waals surface area contributed by atoms with Crippen molar-refractivity contribution in [2.24, 2.45) is 0 Å². The topological polar surface area (TPSA) is 51.7 Å². The quantitative estimate of drug-likeness (QED) is 0.457. The highest BCUT2D eigenvalue weighted by molar-refractivity contribution is 7.14. The number of rotatable bonds is 2. The average Bonchev–Trinajstić information content (AvgIpc) is 2.78. The molecular weight excluding hydrogens is 252 g/mol. The van der Waals surface area contributed by atoms with Crippen molar-refractivity contribution in [2.45, 2.75) is 5.50 Å². The van der Waals surface area contributed by atoms with Crippen LogP contribution in [0.5, 0.6) is 0 Å². The first-order chi connectivity index (χ1) is 7.72. The van der Waals surface area contributed by atoms with Gasteiger partial charge in [0.05, 0.1) is 20.3 Å². The molecule has 1 aliphatic rings. The summed E-state index contributed by atoms with van der Waals surface area (Å²) in [6.45, 7) is 1.77. The number of halogens is 1. The number of carbonyl (C=O) groups is 1. The average molecular weight is 263 g/mol. The van der Waals surface area contributed by atoms with Crippen molar-refractivity contribution in [3.05, 3.63) is 11.1 Å². The molecule has 0 saturated carbocycles. The SMILES string of the molecule is COC(=O)c1csc(N2CCOCC2Cl)n1. The highest BCUT2D eigenvalue weighted by atomic mass is 35.5. The number of hydrogen-bond acceptors (Lipinski definition) is 6. The van der Waals surface area contributed by atoms with Gasteiger partial charge >= 0.3 is 5.97 Å². The van der Waals surface area contributed by atoms with Gasteiger partial charge in [-0.3, -0.25) is 0 Å². The molecule has 0 amide bonds. The third-order valence-electron chi connectivity index (χ3n) is 2.20. The van der Waals surface area contributed by atoms with Crippen LogP contribution in [-0.4, -0.2) is 43.3 Å². The van der Waals surface area contributed by atoms with Crippen LogP contribution in [0.1, 0.15) is 10.5 Å². The maximum Gasteiger partial charge on any atom is 0.357 e. The van der Waals surface area contributed by atoms with Crippen molar-refractivity contribution in [1.82, 2.24) is 4.98 Å². The van der Waals surface area contributed by atoms with Gasteiger partial charge in [0.2, 0.25) is 0 Å². The van der Waals surface area contributed by atoms with Gasteiger partial charge in [-0.25, -0.2) is 9.78 Å². The number of methoxy groups -OCH3 is 1. The Labute approximate surface area is 102 Å². The van der Waals surface area contributed by atoms with Crippen LogP contribution in [0.15, 0.2) is 5.38 Å². The van der Waals surface area contributed by atoms with Gasteiger partial charge in [0, 0.05) is 11.9 Å². The Hall–Kier alpha value is -0.850. The minimum Gasteiger partial charge on any atom is -0.464 e. The van der Waals surface area contributed by atoms with Crippen LogP contribution in [0.4, 0.5) is 5.13 Å². The molecule has 0 aromatic carbocycles. The smallest absolute Gasteiger partial charge is 0.357 e. The zero-order chi connectivity index (χ0) is 11.5. The molecule has 0 spiro atoms. The predicted octanol–water partition coefficient (Wildman–Crippen LogP) is 1.33. The summed E-state index contributed by atoms with van der Waals surface area (Å²) in [6.07, 6.45) is 0. The zero-order valence-electron chi connectivity index (χ0n) is 8.68. The number of alkyl halides is 1. The molecule has 5 nitrogen and oxygen atoms in total. The van der Waals surface area contributed by atoms with E-state index >= 15 is 0 Å². The Balaban J connectivity index is 2.14. The fourth-order valence-corrected chi connectivity index (χ4v) is 2.59.